The molecule has 3 heterocycles. The zero-order chi connectivity index (χ0) is 19.1. The molecule has 2 aliphatic heterocycles. The van der Waals surface area contributed by atoms with Crippen LogP contribution in [0.15, 0.2) is 44.8 Å². The maximum atomic E-state index is 12.9. The van der Waals surface area contributed by atoms with Gasteiger partial charge < -0.3 is 4.74 Å². The van der Waals surface area contributed by atoms with Gasteiger partial charge in [0.25, 0.3) is 0 Å². The van der Waals surface area contributed by atoms with Gasteiger partial charge in [-0.1, -0.05) is 6.07 Å². The summed E-state index contributed by atoms with van der Waals surface area (Å²) in [6.45, 7) is 1.15. The molecule has 0 spiro atoms. The number of rotatable bonds is 5. The second kappa shape index (κ2) is 7.17. The number of benzene rings is 1. The molecule has 27 heavy (non-hydrogen) atoms. The molecule has 0 unspecified atom stereocenters. The van der Waals surface area contributed by atoms with Crippen molar-refractivity contribution in [2.45, 2.75) is 34.4 Å². The van der Waals surface area contributed by atoms with Crippen molar-refractivity contribution in [3.8, 4) is 5.75 Å². The van der Waals surface area contributed by atoms with Crippen molar-refractivity contribution in [1.29, 1.82) is 0 Å². The Morgan fingerprint density at radius 3 is 2.59 bits per heavy atom. The maximum Gasteiger partial charge on any atom is 0.250 e. The SMILES string of the molecule is O=S(=O)(NC1CCN(S(=O)(=O)c2ccc3c(c2)CCO3)CC1)c1cccs1. The first-order valence-corrected chi connectivity index (χ1v) is 12.5. The second-order valence-corrected chi connectivity index (χ2v) is 11.4. The van der Waals surface area contributed by atoms with Gasteiger partial charge in [-0.05, 0) is 48.1 Å². The van der Waals surface area contributed by atoms with Gasteiger partial charge in [0.05, 0.1) is 11.5 Å². The lowest BCUT2D eigenvalue weighted by molar-refractivity contribution is 0.308. The molecule has 1 aromatic heterocycles. The molecule has 146 valence electrons. The summed E-state index contributed by atoms with van der Waals surface area (Å²) in [6.07, 6.45) is 1.60. The smallest absolute Gasteiger partial charge is 0.250 e. The summed E-state index contributed by atoms with van der Waals surface area (Å²) in [7, 11) is -7.13. The van der Waals surface area contributed by atoms with Crippen molar-refractivity contribution in [3.63, 3.8) is 0 Å². The minimum atomic E-state index is -3.59. The van der Waals surface area contributed by atoms with Gasteiger partial charge in [-0.25, -0.2) is 21.6 Å². The van der Waals surface area contributed by atoms with Crippen LogP contribution >= 0.6 is 11.3 Å². The van der Waals surface area contributed by atoms with Crippen molar-refractivity contribution in [1.82, 2.24) is 9.03 Å². The van der Waals surface area contributed by atoms with Crippen LogP contribution in [0.4, 0.5) is 0 Å². The second-order valence-electron chi connectivity index (χ2n) is 6.60. The van der Waals surface area contributed by atoms with E-state index < -0.39 is 20.0 Å². The predicted octanol–water partition coefficient (Wildman–Crippen LogP) is 1.81. The summed E-state index contributed by atoms with van der Waals surface area (Å²) in [6, 6.07) is 7.95. The summed E-state index contributed by atoms with van der Waals surface area (Å²) in [4.78, 5) is 0.268. The molecular weight excluding hydrogens is 408 g/mol. The van der Waals surface area contributed by atoms with E-state index in [0.717, 1.165) is 22.6 Å². The molecule has 2 aromatic rings. The van der Waals surface area contributed by atoms with Gasteiger partial charge in [-0.3, -0.25) is 0 Å². The van der Waals surface area contributed by atoms with Crippen LogP contribution in [0.2, 0.25) is 0 Å². The summed E-state index contributed by atoms with van der Waals surface area (Å²) in [5.41, 5.74) is 0.912. The lowest BCUT2D eigenvalue weighted by Crippen LogP contribution is -2.46. The average Bonchev–Trinajstić information content (AvgIpc) is 3.33. The van der Waals surface area contributed by atoms with Crippen LogP contribution in [0.25, 0.3) is 0 Å². The standard InChI is InChI=1S/C17H20N2O5S3/c20-26(21,17-2-1-11-25-17)18-14-5-8-19(9-6-14)27(22,23)15-3-4-16-13(12-15)7-10-24-16/h1-4,11-12,14,18H,5-10H2. The Hall–Kier alpha value is -1.46. The van der Waals surface area contributed by atoms with Crippen LogP contribution in [-0.2, 0) is 26.5 Å². The van der Waals surface area contributed by atoms with Gasteiger partial charge in [0.1, 0.15) is 9.96 Å². The highest BCUT2D eigenvalue weighted by Crippen LogP contribution is 2.30. The minimum Gasteiger partial charge on any atom is -0.493 e. The molecule has 1 aromatic carbocycles. The highest BCUT2D eigenvalue weighted by molar-refractivity contribution is 7.91. The molecular formula is C17H20N2O5S3. The number of hydrogen-bond donors (Lipinski definition) is 1. The summed E-state index contributed by atoms with van der Waals surface area (Å²) < 4.78 is 60.3. The monoisotopic (exact) mass is 428 g/mol. The van der Waals surface area contributed by atoms with E-state index in [9.17, 15) is 16.8 Å². The molecule has 0 atom stereocenters. The zero-order valence-corrected chi connectivity index (χ0v) is 16.9. The Bertz CT molecular complexity index is 1020. The number of piperidine rings is 1. The van der Waals surface area contributed by atoms with E-state index in [-0.39, 0.29) is 28.2 Å². The van der Waals surface area contributed by atoms with E-state index >= 15 is 0 Å². The topological polar surface area (TPSA) is 92.8 Å². The first-order chi connectivity index (χ1) is 12.9. The Labute approximate surface area is 163 Å². The number of fused-ring (bicyclic) bond motifs is 1. The molecule has 2 aliphatic rings. The molecule has 0 bridgehead atoms. The molecule has 0 aliphatic carbocycles. The van der Waals surface area contributed by atoms with Crippen molar-refractivity contribution in [3.05, 3.63) is 41.3 Å². The fraction of sp³-hybridized carbons (Fsp3) is 0.412. The van der Waals surface area contributed by atoms with E-state index in [1.165, 1.54) is 4.31 Å². The van der Waals surface area contributed by atoms with Crippen molar-refractivity contribution >= 4 is 31.4 Å². The van der Waals surface area contributed by atoms with E-state index in [2.05, 4.69) is 4.72 Å². The van der Waals surface area contributed by atoms with Gasteiger partial charge in [0.2, 0.25) is 20.0 Å². The third-order valence-electron chi connectivity index (χ3n) is 4.83. The minimum absolute atomic E-state index is 0.267. The molecule has 0 amide bonds. The lowest BCUT2D eigenvalue weighted by atomic mass is 10.1. The van der Waals surface area contributed by atoms with Crippen LogP contribution < -0.4 is 9.46 Å². The first-order valence-electron chi connectivity index (χ1n) is 8.68. The molecule has 10 heteroatoms. The van der Waals surface area contributed by atoms with Crippen LogP contribution in [0.3, 0.4) is 0 Å². The number of nitrogens with one attached hydrogen (secondary N) is 1. The normalized spacial score (nSPS) is 19.0. The predicted molar refractivity (Wildman–Crippen MR) is 102 cm³/mol. The molecule has 1 N–H and O–H groups in total. The number of sulfonamides is 2. The first kappa shape index (κ1) is 18.9. The lowest BCUT2D eigenvalue weighted by Gasteiger charge is -2.31. The van der Waals surface area contributed by atoms with Gasteiger partial charge in [0, 0.05) is 25.6 Å². The quantitative estimate of drug-likeness (QED) is 0.784. The van der Waals surface area contributed by atoms with E-state index in [1.54, 1.807) is 35.7 Å². The van der Waals surface area contributed by atoms with Crippen LogP contribution in [-0.4, -0.2) is 46.9 Å². The number of nitrogens with zero attached hydrogens (tertiary/aromatic N) is 1. The van der Waals surface area contributed by atoms with Crippen molar-refractivity contribution in [2.75, 3.05) is 19.7 Å². The van der Waals surface area contributed by atoms with Crippen LogP contribution in [0.5, 0.6) is 5.75 Å². The van der Waals surface area contributed by atoms with Crippen molar-refractivity contribution < 1.29 is 21.6 Å². The summed E-state index contributed by atoms with van der Waals surface area (Å²) in [5, 5.41) is 1.71. The third-order valence-corrected chi connectivity index (χ3v) is 9.65. The maximum absolute atomic E-state index is 12.9. The largest absolute Gasteiger partial charge is 0.493 e. The van der Waals surface area contributed by atoms with E-state index in [4.69, 9.17) is 4.74 Å². The third kappa shape index (κ3) is 3.77. The fourth-order valence-electron chi connectivity index (χ4n) is 3.38. The highest BCUT2D eigenvalue weighted by atomic mass is 32.2. The summed E-state index contributed by atoms with van der Waals surface area (Å²) in [5.74, 6) is 0.746. The van der Waals surface area contributed by atoms with Crippen LogP contribution in [0.1, 0.15) is 18.4 Å². The molecule has 7 nitrogen and oxygen atoms in total. The Kier molecular flexibility index (Phi) is 5.02. The number of hydrogen-bond acceptors (Lipinski definition) is 6. The number of ether oxygens (including phenoxy) is 1. The molecule has 0 saturated carbocycles. The Balaban J connectivity index is 1.43. The van der Waals surface area contributed by atoms with Crippen molar-refractivity contribution in [2.24, 2.45) is 0 Å². The molecule has 0 radical (unpaired) electrons. The number of thiophene rings is 1. The Morgan fingerprint density at radius 1 is 1.11 bits per heavy atom. The molecule has 4 rings (SSSR count). The molecule has 1 saturated heterocycles. The van der Waals surface area contributed by atoms with Gasteiger partial charge in [0.15, 0.2) is 0 Å². The van der Waals surface area contributed by atoms with E-state index in [1.807, 2.05) is 0 Å². The van der Waals surface area contributed by atoms with Gasteiger partial charge >= 0.3 is 0 Å². The zero-order valence-electron chi connectivity index (χ0n) is 14.5. The highest BCUT2D eigenvalue weighted by Gasteiger charge is 2.32. The van der Waals surface area contributed by atoms with Gasteiger partial charge in [-0.15, -0.1) is 11.3 Å². The average molecular weight is 429 g/mol. The molecule has 1 fully saturated rings. The summed E-state index contributed by atoms with van der Waals surface area (Å²) >= 11 is 1.16. The van der Waals surface area contributed by atoms with E-state index in [0.29, 0.717) is 25.9 Å². The van der Waals surface area contributed by atoms with Gasteiger partial charge in [-0.2, -0.15) is 4.31 Å². The fourth-order valence-corrected chi connectivity index (χ4v) is 7.22. The van der Waals surface area contributed by atoms with Crippen LogP contribution in [0, 0.1) is 0 Å². The Morgan fingerprint density at radius 2 is 1.89 bits per heavy atom.